The predicted molar refractivity (Wildman–Crippen MR) is 106 cm³/mol. The second kappa shape index (κ2) is 7.99. The third kappa shape index (κ3) is 3.36. The second-order valence-corrected chi connectivity index (χ2v) is 5.82. The fourth-order valence-electron chi connectivity index (χ4n) is 2.98. The van der Waals surface area contributed by atoms with E-state index in [4.69, 9.17) is 23.7 Å². The molecule has 2 N–H and O–H groups in total. The topological polar surface area (TPSA) is 91.0 Å². The highest BCUT2D eigenvalue weighted by Gasteiger charge is 2.21. The van der Waals surface area contributed by atoms with Gasteiger partial charge in [-0.1, -0.05) is 0 Å². The van der Waals surface area contributed by atoms with E-state index in [1.807, 2.05) is 18.2 Å². The van der Waals surface area contributed by atoms with Gasteiger partial charge in [0.1, 0.15) is 11.4 Å². The van der Waals surface area contributed by atoms with Crippen LogP contribution in [0.4, 0.5) is 11.4 Å². The van der Waals surface area contributed by atoms with Crippen molar-refractivity contribution in [1.29, 1.82) is 0 Å². The number of fused-ring (bicyclic) bond motifs is 1. The number of aromatic nitrogens is 1. The zero-order valence-electron chi connectivity index (χ0n) is 16.3. The molecule has 0 spiro atoms. The Morgan fingerprint density at radius 1 is 0.893 bits per heavy atom. The van der Waals surface area contributed by atoms with E-state index in [0.717, 1.165) is 10.9 Å². The Balaban J connectivity index is 2.16. The Kier molecular flexibility index (Phi) is 5.49. The van der Waals surface area contributed by atoms with Crippen LogP contribution < -0.4 is 24.3 Å². The molecule has 0 amide bonds. The van der Waals surface area contributed by atoms with Crippen LogP contribution in [-0.2, 0) is 4.74 Å². The molecule has 1 heterocycles. The maximum absolute atomic E-state index is 12.3. The summed E-state index contributed by atoms with van der Waals surface area (Å²) in [4.78, 5) is 15.4. The first-order chi connectivity index (χ1) is 13.6. The van der Waals surface area contributed by atoms with Crippen LogP contribution in [0.15, 0.2) is 30.3 Å². The van der Waals surface area contributed by atoms with Gasteiger partial charge in [0.25, 0.3) is 0 Å². The SMILES string of the molecule is COC(=O)c1[nH]c2ccc(OC)cc2c1Nc1cc(OC)c(OC)c(OC)c1. The number of benzene rings is 2. The van der Waals surface area contributed by atoms with Gasteiger partial charge in [0, 0.05) is 28.7 Å². The van der Waals surface area contributed by atoms with E-state index >= 15 is 0 Å². The van der Waals surface area contributed by atoms with E-state index < -0.39 is 5.97 Å². The van der Waals surface area contributed by atoms with Crippen LogP contribution in [0.1, 0.15) is 10.5 Å². The van der Waals surface area contributed by atoms with Crippen LogP contribution in [0, 0.1) is 0 Å². The Morgan fingerprint density at radius 2 is 1.57 bits per heavy atom. The van der Waals surface area contributed by atoms with E-state index in [2.05, 4.69) is 10.3 Å². The molecule has 3 aromatic rings. The van der Waals surface area contributed by atoms with Crippen molar-refractivity contribution in [2.75, 3.05) is 40.9 Å². The number of carbonyl (C=O) groups is 1. The molecule has 1 aromatic heterocycles. The molecular formula is C20H22N2O6. The van der Waals surface area contributed by atoms with Gasteiger partial charge < -0.3 is 34.0 Å². The first kappa shape index (κ1) is 19.2. The lowest BCUT2D eigenvalue weighted by Crippen LogP contribution is -2.05. The Morgan fingerprint density at radius 3 is 2.11 bits per heavy atom. The van der Waals surface area contributed by atoms with Crippen LogP contribution in [0.3, 0.4) is 0 Å². The van der Waals surface area contributed by atoms with E-state index in [0.29, 0.717) is 40.1 Å². The van der Waals surface area contributed by atoms with E-state index in [1.165, 1.54) is 28.4 Å². The molecule has 0 unspecified atom stereocenters. The maximum atomic E-state index is 12.3. The Labute approximate surface area is 162 Å². The Hall–Kier alpha value is -3.55. The summed E-state index contributed by atoms with van der Waals surface area (Å²) in [6.45, 7) is 0. The molecule has 2 aromatic carbocycles. The normalized spacial score (nSPS) is 10.5. The van der Waals surface area contributed by atoms with E-state index in [9.17, 15) is 4.79 Å². The molecule has 0 aliphatic carbocycles. The molecule has 148 valence electrons. The van der Waals surface area contributed by atoms with Crippen molar-refractivity contribution in [2.24, 2.45) is 0 Å². The molecule has 8 heteroatoms. The van der Waals surface area contributed by atoms with Gasteiger partial charge >= 0.3 is 5.97 Å². The molecule has 8 nitrogen and oxygen atoms in total. The Bertz CT molecular complexity index is 986. The molecule has 0 bridgehead atoms. The number of anilines is 2. The number of aromatic amines is 1. The van der Waals surface area contributed by atoms with Gasteiger partial charge in [0.15, 0.2) is 11.5 Å². The highest BCUT2D eigenvalue weighted by atomic mass is 16.5. The van der Waals surface area contributed by atoms with Gasteiger partial charge in [-0.2, -0.15) is 0 Å². The number of hydrogen-bond donors (Lipinski definition) is 2. The van der Waals surface area contributed by atoms with Gasteiger partial charge in [-0.15, -0.1) is 0 Å². The fraction of sp³-hybridized carbons (Fsp3) is 0.250. The molecule has 0 radical (unpaired) electrons. The zero-order valence-corrected chi connectivity index (χ0v) is 16.3. The monoisotopic (exact) mass is 386 g/mol. The van der Waals surface area contributed by atoms with Gasteiger partial charge in [0.2, 0.25) is 5.75 Å². The smallest absolute Gasteiger partial charge is 0.356 e. The summed E-state index contributed by atoms with van der Waals surface area (Å²) in [6, 6.07) is 8.98. The minimum atomic E-state index is -0.495. The largest absolute Gasteiger partial charge is 0.497 e. The molecule has 0 atom stereocenters. The van der Waals surface area contributed by atoms with Crippen molar-refractivity contribution in [3.8, 4) is 23.0 Å². The van der Waals surface area contributed by atoms with Crippen LogP contribution in [0.25, 0.3) is 10.9 Å². The molecular weight excluding hydrogens is 364 g/mol. The van der Waals surface area contributed by atoms with Crippen molar-refractivity contribution in [1.82, 2.24) is 4.98 Å². The minimum Gasteiger partial charge on any atom is -0.497 e. The number of nitrogens with one attached hydrogen (secondary N) is 2. The molecule has 0 aliphatic rings. The summed E-state index contributed by atoms with van der Waals surface area (Å²) in [5.41, 5.74) is 2.24. The molecule has 0 saturated carbocycles. The number of methoxy groups -OCH3 is 5. The number of carbonyl (C=O) groups excluding carboxylic acids is 1. The predicted octanol–water partition coefficient (Wildman–Crippen LogP) is 3.73. The van der Waals surface area contributed by atoms with Crippen LogP contribution in [0.2, 0.25) is 0 Å². The quantitative estimate of drug-likeness (QED) is 0.598. The summed E-state index contributed by atoms with van der Waals surface area (Å²) < 4.78 is 26.4. The first-order valence-corrected chi connectivity index (χ1v) is 8.41. The number of rotatable bonds is 7. The zero-order chi connectivity index (χ0) is 20.3. The fourth-order valence-corrected chi connectivity index (χ4v) is 2.98. The number of H-pyrrole nitrogens is 1. The molecule has 0 saturated heterocycles. The highest BCUT2D eigenvalue weighted by Crippen LogP contribution is 2.42. The lowest BCUT2D eigenvalue weighted by atomic mass is 10.2. The van der Waals surface area contributed by atoms with Crippen LogP contribution in [-0.4, -0.2) is 46.5 Å². The first-order valence-electron chi connectivity index (χ1n) is 8.41. The second-order valence-electron chi connectivity index (χ2n) is 5.82. The summed E-state index contributed by atoms with van der Waals surface area (Å²) in [6.07, 6.45) is 0. The van der Waals surface area contributed by atoms with Gasteiger partial charge in [0.05, 0.1) is 41.2 Å². The third-order valence-corrected chi connectivity index (χ3v) is 4.33. The minimum absolute atomic E-state index is 0.291. The number of ether oxygens (including phenoxy) is 5. The summed E-state index contributed by atoms with van der Waals surface area (Å²) >= 11 is 0. The van der Waals surface area contributed by atoms with Gasteiger partial charge in [-0.05, 0) is 18.2 Å². The number of esters is 1. The van der Waals surface area contributed by atoms with Crippen LogP contribution >= 0.6 is 0 Å². The maximum Gasteiger partial charge on any atom is 0.356 e. The standard InChI is InChI=1S/C20H22N2O6/c1-24-12-6-7-14-13(10-12)17(18(22-14)20(23)28-5)21-11-8-15(25-2)19(27-4)16(9-11)26-3/h6-10,21-22H,1-5H3. The van der Waals surface area contributed by atoms with Crippen LogP contribution in [0.5, 0.6) is 23.0 Å². The number of hydrogen-bond acceptors (Lipinski definition) is 7. The van der Waals surface area contributed by atoms with Crippen molar-refractivity contribution in [2.45, 2.75) is 0 Å². The van der Waals surface area contributed by atoms with Gasteiger partial charge in [-0.25, -0.2) is 4.79 Å². The lowest BCUT2D eigenvalue weighted by Gasteiger charge is -2.15. The molecule has 0 aliphatic heterocycles. The molecule has 28 heavy (non-hydrogen) atoms. The van der Waals surface area contributed by atoms with Crippen molar-refractivity contribution < 1.29 is 28.5 Å². The summed E-state index contributed by atoms with van der Waals surface area (Å²) in [5.74, 6) is 1.62. The van der Waals surface area contributed by atoms with Gasteiger partial charge in [-0.3, -0.25) is 0 Å². The molecule has 0 fully saturated rings. The summed E-state index contributed by atoms with van der Waals surface area (Å²) in [5, 5.41) is 4.03. The average molecular weight is 386 g/mol. The lowest BCUT2D eigenvalue weighted by molar-refractivity contribution is 0.0596. The van der Waals surface area contributed by atoms with Crippen molar-refractivity contribution in [3.05, 3.63) is 36.0 Å². The van der Waals surface area contributed by atoms with Crippen molar-refractivity contribution in [3.63, 3.8) is 0 Å². The summed E-state index contributed by atoms with van der Waals surface area (Å²) in [7, 11) is 7.53. The van der Waals surface area contributed by atoms with E-state index in [1.54, 1.807) is 19.2 Å². The highest BCUT2D eigenvalue weighted by molar-refractivity contribution is 6.07. The van der Waals surface area contributed by atoms with Crippen molar-refractivity contribution >= 4 is 28.2 Å². The average Bonchev–Trinajstić information content (AvgIpc) is 3.09. The molecule has 3 rings (SSSR count). The van der Waals surface area contributed by atoms with E-state index in [-0.39, 0.29) is 0 Å². The third-order valence-electron chi connectivity index (χ3n) is 4.33.